The largest absolute Gasteiger partial charge is 0.502 e. The van der Waals surface area contributed by atoms with E-state index in [1.807, 2.05) is 0 Å². The number of hydrogen-bond donors (Lipinski definition) is 2. The van der Waals surface area contributed by atoms with Crippen LogP contribution in [0, 0.1) is 24.0 Å². The summed E-state index contributed by atoms with van der Waals surface area (Å²) in [5.74, 6) is -0.0736. The van der Waals surface area contributed by atoms with Gasteiger partial charge in [0, 0.05) is 16.7 Å². The number of carbonyl (C=O) groups excluding carboxylic acids is 1. The number of phenols is 1. The first-order valence-electron chi connectivity index (χ1n) is 6.37. The average molecular weight is 338 g/mol. The van der Waals surface area contributed by atoms with Crippen LogP contribution in [-0.2, 0) is 0 Å². The van der Waals surface area contributed by atoms with Gasteiger partial charge in [0.05, 0.1) is 16.7 Å². The first-order valence-corrected chi connectivity index (χ1v) is 6.74. The van der Waals surface area contributed by atoms with Crippen LogP contribution in [0.3, 0.4) is 0 Å². The summed E-state index contributed by atoms with van der Waals surface area (Å²) in [5.41, 5.74) is 2.02. The highest BCUT2D eigenvalue weighted by Crippen LogP contribution is 2.32. The lowest BCUT2D eigenvalue weighted by Gasteiger charge is -2.02. The molecule has 0 saturated heterocycles. The fourth-order valence-corrected chi connectivity index (χ4v) is 2.14. The highest BCUT2D eigenvalue weighted by molar-refractivity contribution is 6.31. The molecule has 1 aromatic carbocycles. The fourth-order valence-electron chi connectivity index (χ4n) is 1.92. The molecule has 120 valence electrons. The maximum absolute atomic E-state index is 11.9. The molecule has 1 aromatic heterocycles. The minimum absolute atomic E-state index is 0.00426. The molecule has 0 radical (unpaired) electrons. The molecule has 0 aliphatic heterocycles. The number of furan rings is 1. The van der Waals surface area contributed by atoms with Crippen molar-refractivity contribution in [3.63, 3.8) is 0 Å². The van der Waals surface area contributed by atoms with Crippen molar-refractivity contribution in [2.75, 3.05) is 0 Å². The van der Waals surface area contributed by atoms with Gasteiger partial charge in [0.15, 0.2) is 0 Å². The van der Waals surface area contributed by atoms with Crippen LogP contribution in [0.25, 0.3) is 0 Å². The van der Waals surface area contributed by atoms with Crippen molar-refractivity contribution in [1.29, 1.82) is 0 Å². The third kappa shape index (κ3) is 3.67. The normalized spacial score (nSPS) is 10.9. The van der Waals surface area contributed by atoms with Gasteiger partial charge in [0.25, 0.3) is 5.91 Å². The monoisotopic (exact) mass is 337 g/mol. The number of hydrogen-bond acceptors (Lipinski definition) is 6. The Kier molecular flexibility index (Phi) is 4.65. The number of aromatic hydroxyl groups is 1. The van der Waals surface area contributed by atoms with Crippen LogP contribution in [0.15, 0.2) is 27.7 Å². The van der Waals surface area contributed by atoms with E-state index >= 15 is 0 Å². The Morgan fingerprint density at radius 2 is 2.13 bits per heavy atom. The van der Waals surface area contributed by atoms with Gasteiger partial charge in [-0.05, 0) is 26.0 Å². The Balaban J connectivity index is 2.19. The number of nitrogens with zero attached hydrogens (tertiary/aromatic N) is 2. The van der Waals surface area contributed by atoms with Crippen LogP contribution in [0.2, 0.25) is 5.02 Å². The molecule has 1 amide bonds. The SMILES string of the molecule is Cc1cc(C(=O)N/N=C/c2cc(Cl)cc([N+](=O)[O-])c2O)c(C)o1. The van der Waals surface area contributed by atoms with E-state index in [0.29, 0.717) is 17.1 Å². The van der Waals surface area contributed by atoms with Crippen molar-refractivity contribution >= 4 is 29.4 Å². The van der Waals surface area contributed by atoms with E-state index in [1.54, 1.807) is 19.9 Å². The molecule has 0 bridgehead atoms. The highest BCUT2D eigenvalue weighted by Gasteiger charge is 2.18. The Labute approximate surface area is 135 Å². The number of rotatable bonds is 4. The summed E-state index contributed by atoms with van der Waals surface area (Å²) in [6.45, 7) is 3.34. The van der Waals surface area contributed by atoms with Crippen molar-refractivity contribution in [2.45, 2.75) is 13.8 Å². The number of nitrogens with one attached hydrogen (secondary N) is 1. The molecule has 2 N–H and O–H groups in total. The van der Waals surface area contributed by atoms with Crippen molar-refractivity contribution in [3.05, 3.63) is 56.0 Å². The quantitative estimate of drug-likeness (QED) is 0.505. The number of aryl methyl sites for hydroxylation is 2. The maximum atomic E-state index is 11.9. The van der Waals surface area contributed by atoms with Gasteiger partial charge in [-0.25, -0.2) is 5.43 Å². The van der Waals surface area contributed by atoms with E-state index in [0.717, 1.165) is 12.3 Å². The lowest BCUT2D eigenvalue weighted by Crippen LogP contribution is -2.17. The molecule has 0 spiro atoms. The third-order valence-electron chi connectivity index (χ3n) is 2.94. The van der Waals surface area contributed by atoms with Gasteiger partial charge in [0.1, 0.15) is 11.5 Å². The van der Waals surface area contributed by atoms with Crippen molar-refractivity contribution in [2.24, 2.45) is 5.10 Å². The van der Waals surface area contributed by atoms with E-state index in [9.17, 15) is 20.0 Å². The molecule has 0 unspecified atom stereocenters. The molecular weight excluding hydrogens is 326 g/mol. The molecule has 1 heterocycles. The van der Waals surface area contributed by atoms with Gasteiger partial charge in [-0.2, -0.15) is 5.10 Å². The van der Waals surface area contributed by atoms with Gasteiger partial charge in [0.2, 0.25) is 5.75 Å². The van der Waals surface area contributed by atoms with E-state index < -0.39 is 22.3 Å². The molecule has 0 atom stereocenters. The number of nitro groups is 1. The number of nitro benzene ring substituents is 1. The first kappa shape index (κ1) is 16.5. The number of hydrazone groups is 1. The van der Waals surface area contributed by atoms with Crippen LogP contribution >= 0.6 is 11.6 Å². The Morgan fingerprint density at radius 1 is 1.43 bits per heavy atom. The summed E-state index contributed by atoms with van der Waals surface area (Å²) in [6.07, 6.45) is 1.06. The van der Waals surface area contributed by atoms with Gasteiger partial charge in [-0.15, -0.1) is 0 Å². The Bertz CT molecular complexity index is 813. The van der Waals surface area contributed by atoms with E-state index in [1.165, 1.54) is 6.07 Å². The topological polar surface area (TPSA) is 118 Å². The zero-order valence-electron chi connectivity index (χ0n) is 12.2. The van der Waals surface area contributed by atoms with Crippen molar-refractivity contribution in [1.82, 2.24) is 5.43 Å². The van der Waals surface area contributed by atoms with Crippen LogP contribution in [0.5, 0.6) is 5.75 Å². The minimum Gasteiger partial charge on any atom is -0.502 e. The average Bonchev–Trinajstić information content (AvgIpc) is 2.80. The van der Waals surface area contributed by atoms with E-state index in [-0.39, 0.29) is 10.6 Å². The lowest BCUT2D eigenvalue weighted by atomic mass is 10.2. The second-order valence-corrected chi connectivity index (χ2v) is 5.08. The second kappa shape index (κ2) is 6.49. The van der Waals surface area contributed by atoms with E-state index in [4.69, 9.17) is 16.0 Å². The van der Waals surface area contributed by atoms with Gasteiger partial charge in [-0.3, -0.25) is 14.9 Å². The maximum Gasteiger partial charge on any atom is 0.312 e. The Morgan fingerprint density at radius 3 is 2.70 bits per heavy atom. The summed E-state index contributed by atoms with van der Waals surface area (Å²) in [4.78, 5) is 21.9. The fraction of sp³-hybridized carbons (Fsp3) is 0.143. The molecule has 8 nitrogen and oxygen atoms in total. The molecule has 0 aliphatic rings. The highest BCUT2D eigenvalue weighted by atomic mass is 35.5. The summed E-state index contributed by atoms with van der Waals surface area (Å²) >= 11 is 5.75. The predicted molar refractivity (Wildman–Crippen MR) is 83.0 cm³/mol. The van der Waals surface area contributed by atoms with Crippen LogP contribution in [0.4, 0.5) is 5.69 Å². The lowest BCUT2D eigenvalue weighted by molar-refractivity contribution is -0.385. The van der Waals surface area contributed by atoms with E-state index in [2.05, 4.69) is 10.5 Å². The van der Waals surface area contributed by atoms with Crippen LogP contribution in [-0.4, -0.2) is 22.2 Å². The van der Waals surface area contributed by atoms with Crippen LogP contribution in [0.1, 0.15) is 27.4 Å². The predicted octanol–water partition coefficient (Wildman–Crippen LogP) is 2.93. The molecule has 9 heteroatoms. The molecule has 2 rings (SSSR count). The van der Waals surface area contributed by atoms with Crippen LogP contribution < -0.4 is 5.43 Å². The molecule has 0 saturated carbocycles. The zero-order valence-corrected chi connectivity index (χ0v) is 12.9. The smallest absolute Gasteiger partial charge is 0.312 e. The number of halogens is 1. The van der Waals surface area contributed by atoms with Gasteiger partial charge in [-0.1, -0.05) is 11.6 Å². The summed E-state index contributed by atoms with van der Waals surface area (Å²) in [5, 5.41) is 24.3. The molecule has 0 aliphatic carbocycles. The third-order valence-corrected chi connectivity index (χ3v) is 3.15. The summed E-state index contributed by atoms with van der Waals surface area (Å²) in [6, 6.07) is 3.86. The number of benzene rings is 1. The molecule has 23 heavy (non-hydrogen) atoms. The standard InChI is InChI=1S/C14H12ClN3O5/c1-7-3-11(8(2)23-7)14(20)17-16-6-9-4-10(15)5-12(13(9)19)18(21)22/h3-6,19H,1-2H3,(H,17,20)/b16-6+. The molecular formula is C14H12ClN3O5. The minimum atomic E-state index is -0.769. The summed E-state index contributed by atoms with van der Waals surface area (Å²) in [7, 11) is 0. The number of carbonyl (C=O) groups is 1. The van der Waals surface area contributed by atoms with Gasteiger partial charge < -0.3 is 9.52 Å². The first-order chi connectivity index (χ1) is 10.8. The number of phenolic OH excluding ortho intramolecular Hbond substituents is 1. The second-order valence-electron chi connectivity index (χ2n) is 4.65. The zero-order chi connectivity index (χ0) is 17.1. The molecule has 0 fully saturated rings. The van der Waals surface area contributed by atoms with Crippen molar-refractivity contribution < 1.29 is 19.2 Å². The summed E-state index contributed by atoms with van der Waals surface area (Å²) < 4.78 is 5.23. The van der Waals surface area contributed by atoms with Gasteiger partial charge >= 0.3 is 5.69 Å². The Hall–Kier alpha value is -2.87. The molecule has 2 aromatic rings. The van der Waals surface area contributed by atoms with Crippen molar-refractivity contribution in [3.8, 4) is 5.75 Å². The number of amides is 1.